The van der Waals surface area contributed by atoms with Gasteiger partial charge in [-0.2, -0.15) is 0 Å². The second-order valence-electron chi connectivity index (χ2n) is 5.10. The third-order valence-corrected chi connectivity index (χ3v) is 4.01. The molecule has 0 radical (unpaired) electrons. The van der Waals surface area contributed by atoms with E-state index in [0.29, 0.717) is 5.92 Å². The van der Waals surface area contributed by atoms with Gasteiger partial charge in [-0.3, -0.25) is 10.1 Å². The van der Waals surface area contributed by atoms with Crippen LogP contribution >= 0.6 is 11.6 Å². The van der Waals surface area contributed by atoms with E-state index in [4.69, 9.17) is 11.6 Å². The van der Waals surface area contributed by atoms with Crippen molar-refractivity contribution in [2.75, 3.05) is 5.32 Å². The van der Waals surface area contributed by atoms with Crippen LogP contribution in [0.5, 0.6) is 0 Å². The first-order valence-corrected chi connectivity index (χ1v) is 7.20. The molecule has 1 fully saturated rings. The fourth-order valence-electron chi connectivity index (χ4n) is 2.48. The minimum Gasteiger partial charge on any atom is -0.334 e. The summed E-state index contributed by atoms with van der Waals surface area (Å²) in [5.41, 5.74) is 1.96. The Morgan fingerprint density at radius 2 is 2.00 bits per heavy atom. The number of pyridine rings is 1. The number of nitro groups is 1. The molecule has 1 aliphatic carbocycles. The molecule has 1 N–H and O–H groups in total. The Hall–Kier alpha value is -2.14. The Bertz CT molecular complexity index is 686. The van der Waals surface area contributed by atoms with E-state index in [1.807, 2.05) is 18.2 Å². The molecule has 0 atom stereocenters. The molecule has 1 saturated carbocycles. The van der Waals surface area contributed by atoms with Gasteiger partial charge in [0, 0.05) is 11.8 Å². The van der Waals surface area contributed by atoms with Gasteiger partial charge in [0.2, 0.25) is 5.82 Å². The lowest BCUT2D eigenvalue weighted by Gasteiger charge is -2.28. The molecular formula is C15H14ClN3O2. The van der Waals surface area contributed by atoms with Crippen LogP contribution in [0.3, 0.4) is 0 Å². The summed E-state index contributed by atoms with van der Waals surface area (Å²) in [6, 6.07) is 10.6. The van der Waals surface area contributed by atoms with Gasteiger partial charge in [0.25, 0.3) is 0 Å². The van der Waals surface area contributed by atoms with Crippen LogP contribution in [0, 0.1) is 10.1 Å². The van der Waals surface area contributed by atoms with Crippen molar-refractivity contribution in [1.82, 2.24) is 4.98 Å². The smallest absolute Gasteiger partial charge is 0.311 e. The van der Waals surface area contributed by atoms with Crippen LogP contribution in [-0.2, 0) is 0 Å². The summed E-state index contributed by atoms with van der Waals surface area (Å²) < 4.78 is 0. The van der Waals surface area contributed by atoms with Crippen molar-refractivity contribution >= 4 is 28.8 Å². The highest BCUT2D eigenvalue weighted by Crippen LogP contribution is 2.41. The minimum atomic E-state index is -0.461. The number of rotatable bonds is 4. The number of hydrogen-bond donors (Lipinski definition) is 1. The van der Waals surface area contributed by atoms with Crippen LogP contribution in [0.15, 0.2) is 36.4 Å². The highest BCUT2D eigenvalue weighted by Gasteiger charge is 2.23. The van der Waals surface area contributed by atoms with Crippen molar-refractivity contribution in [1.29, 1.82) is 0 Å². The number of hydrogen-bond acceptors (Lipinski definition) is 4. The second-order valence-corrected chi connectivity index (χ2v) is 5.49. The fraction of sp³-hybridized carbons (Fsp3) is 0.267. The van der Waals surface area contributed by atoms with Crippen molar-refractivity contribution in [3.05, 3.63) is 57.2 Å². The summed E-state index contributed by atoms with van der Waals surface area (Å²) in [5.74, 6) is 0.700. The van der Waals surface area contributed by atoms with Gasteiger partial charge in [-0.25, -0.2) is 4.98 Å². The Labute approximate surface area is 127 Å². The number of aromatic nitrogens is 1. The van der Waals surface area contributed by atoms with Crippen molar-refractivity contribution in [3.63, 3.8) is 0 Å². The van der Waals surface area contributed by atoms with E-state index in [0.717, 1.165) is 18.5 Å². The van der Waals surface area contributed by atoms with Gasteiger partial charge in [0.05, 0.1) is 4.92 Å². The molecule has 0 saturated heterocycles. The molecule has 0 amide bonds. The zero-order valence-corrected chi connectivity index (χ0v) is 12.0. The van der Waals surface area contributed by atoms with E-state index in [1.54, 1.807) is 0 Å². The number of nitrogens with one attached hydrogen (secondary N) is 1. The van der Waals surface area contributed by atoms with Gasteiger partial charge < -0.3 is 5.32 Å². The van der Waals surface area contributed by atoms with Gasteiger partial charge in [-0.1, -0.05) is 36.2 Å². The number of benzene rings is 1. The van der Waals surface area contributed by atoms with Crippen LogP contribution in [0.1, 0.15) is 30.7 Å². The molecule has 0 spiro atoms. The average molecular weight is 304 g/mol. The molecule has 1 aromatic heterocycles. The van der Waals surface area contributed by atoms with Gasteiger partial charge in [-0.05, 0) is 36.5 Å². The van der Waals surface area contributed by atoms with Crippen LogP contribution in [-0.4, -0.2) is 9.91 Å². The summed E-state index contributed by atoms with van der Waals surface area (Å²) >= 11 is 5.85. The molecule has 0 unspecified atom stereocenters. The van der Waals surface area contributed by atoms with E-state index >= 15 is 0 Å². The third kappa shape index (κ3) is 2.83. The molecular weight excluding hydrogens is 290 g/mol. The minimum absolute atomic E-state index is 0.0807. The highest BCUT2D eigenvalue weighted by atomic mass is 35.5. The van der Waals surface area contributed by atoms with E-state index in [2.05, 4.69) is 16.4 Å². The van der Waals surface area contributed by atoms with Gasteiger partial charge in [0.1, 0.15) is 5.15 Å². The molecule has 2 aromatic rings. The molecule has 108 valence electrons. The first kappa shape index (κ1) is 13.8. The van der Waals surface area contributed by atoms with Crippen LogP contribution in [0.4, 0.5) is 17.2 Å². The van der Waals surface area contributed by atoms with Gasteiger partial charge in [0.15, 0.2) is 0 Å². The van der Waals surface area contributed by atoms with Gasteiger partial charge in [-0.15, -0.1) is 0 Å². The number of anilines is 2. The standard InChI is InChI=1S/C15H14ClN3O2/c16-14-9-8-13(19(20)21)15(18-14)17-12-7-2-1-6-11(12)10-4-3-5-10/h1-2,6-10H,3-5H2,(H,17,18). The number of nitrogens with zero attached hydrogens (tertiary/aromatic N) is 2. The molecule has 21 heavy (non-hydrogen) atoms. The van der Waals surface area contributed by atoms with Crippen molar-refractivity contribution in [2.24, 2.45) is 0 Å². The van der Waals surface area contributed by atoms with Crippen LogP contribution < -0.4 is 5.32 Å². The molecule has 5 nitrogen and oxygen atoms in total. The fourth-order valence-corrected chi connectivity index (χ4v) is 2.63. The van der Waals surface area contributed by atoms with Crippen molar-refractivity contribution < 1.29 is 4.92 Å². The van der Waals surface area contributed by atoms with E-state index in [9.17, 15) is 10.1 Å². The molecule has 6 heteroatoms. The lowest BCUT2D eigenvalue weighted by Crippen LogP contribution is -2.11. The van der Waals surface area contributed by atoms with Crippen molar-refractivity contribution in [3.8, 4) is 0 Å². The quantitative estimate of drug-likeness (QED) is 0.507. The SMILES string of the molecule is O=[N+]([O-])c1ccc(Cl)nc1Nc1ccccc1C1CCC1. The van der Waals surface area contributed by atoms with Crippen molar-refractivity contribution in [2.45, 2.75) is 25.2 Å². The zero-order valence-electron chi connectivity index (χ0n) is 11.3. The first-order valence-electron chi connectivity index (χ1n) is 6.82. The summed E-state index contributed by atoms with van der Waals surface area (Å²) in [7, 11) is 0. The topological polar surface area (TPSA) is 68.1 Å². The number of para-hydroxylation sites is 1. The molecule has 0 aliphatic heterocycles. The molecule has 3 rings (SSSR count). The third-order valence-electron chi connectivity index (χ3n) is 3.80. The normalized spacial score (nSPS) is 14.5. The Morgan fingerprint density at radius 3 is 2.67 bits per heavy atom. The number of halogens is 1. The monoisotopic (exact) mass is 303 g/mol. The maximum absolute atomic E-state index is 11.1. The predicted molar refractivity (Wildman–Crippen MR) is 82.2 cm³/mol. The van der Waals surface area contributed by atoms with Crippen LogP contribution in [0.2, 0.25) is 5.15 Å². The molecule has 1 heterocycles. The Morgan fingerprint density at radius 1 is 1.24 bits per heavy atom. The lowest BCUT2D eigenvalue weighted by molar-refractivity contribution is -0.384. The summed E-state index contributed by atoms with van der Waals surface area (Å²) in [6.07, 6.45) is 3.54. The largest absolute Gasteiger partial charge is 0.334 e. The Balaban J connectivity index is 1.97. The summed E-state index contributed by atoms with van der Waals surface area (Å²) in [6.45, 7) is 0. The van der Waals surface area contributed by atoms with E-state index in [1.165, 1.54) is 24.1 Å². The maximum Gasteiger partial charge on any atom is 0.311 e. The van der Waals surface area contributed by atoms with E-state index < -0.39 is 4.92 Å². The van der Waals surface area contributed by atoms with Crippen LogP contribution in [0.25, 0.3) is 0 Å². The summed E-state index contributed by atoms with van der Waals surface area (Å²) in [5, 5.41) is 14.4. The Kier molecular flexibility index (Phi) is 3.75. The average Bonchev–Trinajstić information content (AvgIpc) is 2.38. The first-order chi connectivity index (χ1) is 10.1. The second kappa shape index (κ2) is 5.69. The highest BCUT2D eigenvalue weighted by molar-refractivity contribution is 6.29. The maximum atomic E-state index is 11.1. The predicted octanol–water partition coefficient (Wildman–Crippen LogP) is 4.65. The zero-order chi connectivity index (χ0) is 14.8. The lowest BCUT2D eigenvalue weighted by atomic mass is 9.79. The molecule has 0 bridgehead atoms. The molecule has 1 aliphatic rings. The van der Waals surface area contributed by atoms with E-state index in [-0.39, 0.29) is 16.7 Å². The van der Waals surface area contributed by atoms with Gasteiger partial charge >= 0.3 is 5.69 Å². The summed E-state index contributed by atoms with van der Waals surface area (Å²) in [4.78, 5) is 14.7. The molecule has 1 aromatic carbocycles.